The molecule has 0 bridgehead atoms. The van der Waals surface area contributed by atoms with Crippen LogP contribution in [0.1, 0.15) is 12.5 Å². The Bertz CT molecular complexity index is 981. The number of carbonyl (C=O) groups is 1. The molecule has 0 saturated heterocycles. The smallest absolute Gasteiger partial charge is 0.228 e. The third-order valence-corrected chi connectivity index (χ3v) is 5.13. The fourth-order valence-electron chi connectivity index (χ4n) is 3.00. The van der Waals surface area contributed by atoms with Crippen LogP contribution in [0, 0.1) is 0 Å². The number of aromatic nitrogens is 1. The Labute approximate surface area is 155 Å². The van der Waals surface area contributed by atoms with E-state index in [0.29, 0.717) is 18.8 Å². The Hall–Kier alpha value is -2.86. The molecule has 1 aliphatic heterocycles. The minimum Gasteiger partial charge on any atom is -0.493 e. The van der Waals surface area contributed by atoms with Gasteiger partial charge in [0, 0.05) is 22.2 Å². The number of methoxy groups -OCH3 is 1. The summed E-state index contributed by atoms with van der Waals surface area (Å²) in [7, 11) is 1.63. The predicted molar refractivity (Wildman–Crippen MR) is 103 cm³/mol. The van der Waals surface area contributed by atoms with Crippen molar-refractivity contribution in [3.63, 3.8) is 0 Å². The van der Waals surface area contributed by atoms with Crippen molar-refractivity contribution in [1.29, 1.82) is 0 Å². The third kappa shape index (κ3) is 3.04. The minimum absolute atomic E-state index is 0.0394. The van der Waals surface area contributed by atoms with Gasteiger partial charge in [0.1, 0.15) is 5.01 Å². The molecule has 132 valence electrons. The zero-order chi connectivity index (χ0) is 18.1. The van der Waals surface area contributed by atoms with Crippen LogP contribution in [0.2, 0.25) is 0 Å². The van der Waals surface area contributed by atoms with Gasteiger partial charge in [-0.25, -0.2) is 4.98 Å². The van der Waals surface area contributed by atoms with E-state index in [2.05, 4.69) is 5.32 Å². The van der Waals surface area contributed by atoms with Gasteiger partial charge < -0.3 is 14.8 Å². The molecule has 5 nitrogen and oxygen atoms in total. The van der Waals surface area contributed by atoms with E-state index in [1.54, 1.807) is 18.4 Å². The number of nitrogens with one attached hydrogen (secondary N) is 1. The quantitative estimate of drug-likeness (QED) is 0.728. The molecule has 0 spiro atoms. The van der Waals surface area contributed by atoms with Gasteiger partial charge in [-0.1, -0.05) is 6.07 Å². The van der Waals surface area contributed by atoms with Crippen molar-refractivity contribution in [2.45, 2.75) is 13.3 Å². The van der Waals surface area contributed by atoms with Crippen LogP contribution < -0.4 is 14.8 Å². The maximum absolute atomic E-state index is 11.5. The molecular weight excluding hydrogens is 348 g/mol. The van der Waals surface area contributed by atoms with Crippen LogP contribution in [-0.2, 0) is 11.2 Å². The van der Waals surface area contributed by atoms with E-state index in [9.17, 15) is 4.79 Å². The summed E-state index contributed by atoms with van der Waals surface area (Å²) >= 11 is 1.58. The van der Waals surface area contributed by atoms with Crippen molar-refractivity contribution in [3.8, 4) is 33.3 Å². The molecule has 4 rings (SSSR count). The summed E-state index contributed by atoms with van der Waals surface area (Å²) in [4.78, 5) is 16.3. The molecule has 3 aromatic rings. The second-order valence-corrected chi connectivity index (χ2v) is 6.79. The Morgan fingerprint density at radius 2 is 2.00 bits per heavy atom. The number of thiazole rings is 1. The molecule has 0 unspecified atom stereocenters. The highest BCUT2D eigenvalue weighted by Gasteiger charge is 2.18. The van der Waals surface area contributed by atoms with E-state index in [1.165, 1.54) is 0 Å². The first-order valence-corrected chi connectivity index (χ1v) is 9.25. The fourth-order valence-corrected chi connectivity index (χ4v) is 3.83. The first-order chi connectivity index (χ1) is 12.7. The normalized spacial score (nSPS) is 12.6. The van der Waals surface area contributed by atoms with E-state index >= 15 is 0 Å². The molecular formula is C20H18N2O3S. The van der Waals surface area contributed by atoms with Gasteiger partial charge in [-0.15, -0.1) is 11.3 Å². The predicted octanol–water partition coefficient (Wildman–Crippen LogP) is 4.38. The number of rotatable bonds is 5. The number of ether oxygens (including phenoxy) is 2. The van der Waals surface area contributed by atoms with Gasteiger partial charge in [0.25, 0.3) is 0 Å². The van der Waals surface area contributed by atoms with Crippen LogP contribution in [0.25, 0.3) is 21.8 Å². The van der Waals surface area contributed by atoms with E-state index in [-0.39, 0.29) is 5.91 Å². The molecule has 1 aromatic heterocycles. The van der Waals surface area contributed by atoms with E-state index in [4.69, 9.17) is 14.5 Å². The Morgan fingerprint density at radius 1 is 1.15 bits per heavy atom. The summed E-state index contributed by atoms with van der Waals surface area (Å²) < 4.78 is 11.0. The number of hydrogen-bond donors (Lipinski definition) is 1. The summed E-state index contributed by atoms with van der Waals surface area (Å²) in [5.41, 5.74) is 4.82. The third-order valence-electron chi connectivity index (χ3n) is 4.24. The van der Waals surface area contributed by atoms with Crippen molar-refractivity contribution in [2.24, 2.45) is 0 Å². The van der Waals surface area contributed by atoms with E-state index < -0.39 is 0 Å². The average molecular weight is 366 g/mol. The monoisotopic (exact) mass is 366 g/mol. The second kappa shape index (κ2) is 6.80. The van der Waals surface area contributed by atoms with Gasteiger partial charge in [0.2, 0.25) is 5.91 Å². The van der Waals surface area contributed by atoms with Crippen molar-refractivity contribution < 1.29 is 14.3 Å². The van der Waals surface area contributed by atoms with Crippen LogP contribution in [0.15, 0.2) is 41.8 Å². The number of amides is 1. The molecule has 6 heteroatoms. The lowest BCUT2D eigenvalue weighted by atomic mass is 10.1. The highest BCUT2D eigenvalue weighted by Crippen LogP contribution is 2.36. The first-order valence-electron chi connectivity index (χ1n) is 8.38. The number of hydrogen-bond acceptors (Lipinski definition) is 5. The lowest BCUT2D eigenvalue weighted by molar-refractivity contribution is -0.115. The summed E-state index contributed by atoms with van der Waals surface area (Å²) in [6.45, 7) is 2.53. The molecule has 0 saturated carbocycles. The molecule has 0 fully saturated rings. The molecule has 26 heavy (non-hydrogen) atoms. The van der Waals surface area contributed by atoms with E-state index in [1.807, 2.05) is 48.7 Å². The SMILES string of the molecule is CCOc1ccc(-c2nc(-c3ccc4c(c3)CC(=O)N4)cs2)cc1OC. The fraction of sp³-hybridized carbons (Fsp3) is 0.200. The summed E-state index contributed by atoms with van der Waals surface area (Å²) in [5.74, 6) is 1.46. The number of carbonyl (C=O) groups excluding carboxylic acids is 1. The average Bonchev–Trinajstić information content (AvgIpc) is 3.27. The van der Waals surface area contributed by atoms with Gasteiger partial charge in [0.15, 0.2) is 11.5 Å². The van der Waals surface area contributed by atoms with Crippen molar-refractivity contribution in [3.05, 3.63) is 47.3 Å². The molecule has 1 N–H and O–H groups in total. The largest absolute Gasteiger partial charge is 0.493 e. The van der Waals surface area contributed by atoms with Gasteiger partial charge in [-0.05, 0) is 42.8 Å². The topological polar surface area (TPSA) is 60.5 Å². The summed E-state index contributed by atoms with van der Waals surface area (Å²) in [6.07, 6.45) is 0.427. The first kappa shape index (κ1) is 16.6. The standard InChI is InChI=1S/C20H18N2O3S/c1-3-25-17-7-5-13(9-18(17)24-2)20-22-16(11-26-20)12-4-6-15-14(8-12)10-19(23)21-15/h4-9,11H,3,10H2,1-2H3,(H,21,23). The summed E-state index contributed by atoms with van der Waals surface area (Å²) in [6, 6.07) is 11.8. The molecule has 2 heterocycles. The van der Waals surface area contributed by atoms with Gasteiger partial charge >= 0.3 is 0 Å². The van der Waals surface area contributed by atoms with Crippen molar-refractivity contribution in [2.75, 3.05) is 19.0 Å². The lowest BCUT2D eigenvalue weighted by Gasteiger charge is -2.09. The van der Waals surface area contributed by atoms with Crippen LogP contribution in [0.5, 0.6) is 11.5 Å². The van der Waals surface area contributed by atoms with Gasteiger partial charge in [-0.2, -0.15) is 0 Å². The van der Waals surface area contributed by atoms with Crippen LogP contribution >= 0.6 is 11.3 Å². The minimum atomic E-state index is 0.0394. The zero-order valence-corrected chi connectivity index (χ0v) is 15.4. The maximum atomic E-state index is 11.5. The van der Waals surface area contributed by atoms with Crippen molar-refractivity contribution in [1.82, 2.24) is 4.98 Å². The molecule has 0 atom stereocenters. The molecule has 1 aliphatic rings. The Kier molecular flexibility index (Phi) is 4.34. The van der Waals surface area contributed by atoms with Crippen LogP contribution in [0.3, 0.4) is 0 Å². The molecule has 0 aliphatic carbocycles. The highest BCUT2D eigenvalue weighted by atomic mass is 32.1. The summed E-state index contributed by atoms with van der Waals surface area (Å²) in [5, 5.41) is 5.80. The number of fused-ring (bicyclic) bond motifs is 1. The maximum Gasteiger partial charge on any atom is 0.228 e. The van der Waals surface area contributed by atoms with Crippen LogP contribution in [0.4, 0.5) is 5.69 Å². The number of nitrogens with zero attached hydrogens (tertiary/aromatic N) is 1. The molecule has 1 amide bonds. The van der Waals surface area contributed by atoms with Gasteiger partial charge in [-0.3, -0.25) is 4.79 Å². The van der Waals surface area contributed by atoms with Gasteiger partial charge in [0.05, 0.1) is 25.8 Å². The Balaban J connectivity index is 1.64. The second-order valence-electron chi connectivity index (χ2n) is 5.93. The molecule has 0 radical (unpaired) electrons. The highest BCUT2D eigenvalue weighted by molar-refractivity contribution is 7.13. The van der Waals surface area contributed by atoms with Crippen molar-refractivity contribution >= 4 is 22.9 Å². The Morgan fingerprint density at radius 3 is 2.81 bits per heavy atom. The number of anilines is 1. The van der Waals surface area contributed by atoms with Crippen LogP contribution in [-0.4, -0.2) is 24.6 Å². The van der Waals surface area contributed by atoms with E-state index in [0.717, 1.165) is 38.8 Å². The zero-order valence-electron chi connectivity index (χ0n) is 14.5. The number of benzene rings is 2. The molecule has 2 aromatic carbocycles. The lowest BCUT2D eigenvalue weighted by Crippen LogP contribution is -2.03.